The van der Waals surface area contributed by atoms with Gasteiger partial charge >= 0.3 is 0 Å². The molecule has 0 unspecified atom stereocenters. The molecule has 0 fully saturated rings. The zero-order chi connectivity index (χ0) is 15.6. The lowest BCUT2D eigenvalue weighted by Gasteiger charge is -2.10. The smallest absolute Gasteiger partial charge is 0.170 e. The molecule has 0 saturated heterocycles. The maximum Gasteiger partial charge on any atom is 0.170 e. The zero-order valence-electron chi connectivity index (χ0n) is 12.1. The van der Waals surface area contributed by atoms with Crippen LogP contribution in [0.2, 0.25) is 5.15 Å². The highest BCUT2D eigenvalue weighted by Gasteiger charge is 2.13. The van der Waals surface area contributed by atoms with Crippen LogP contribution in [0.1, 0.15) is 22.4 Å². The Morgan fingerprint density at radius 1 is 1.48 bits per heavy atom. The fourth-order valence-electron chi connectivity index (χ4n) is 1.96. The van der Waals surface area contributed by atoms with Gasteiger partial charge in [-0.1, -0.05) is 28.9 Å². The minimum atomic E-state index is 0.0374. The van der Waals surface area contributed by atoms with Crippen molar-refractivity contribution in [3.05, 3.63) is 45.7 Å². The van der Waals surface area contributed by atoms with E-state index < -0.39 is 0 Å². The van der Waals surface area contributed by atoms with Crippen molar-refractivity contribution in [2.45, 2.75) is 20.5 Å². The molecule has 2 aromatic rings. The Labute approximate surface area is 127 Å². The number of benzene rings is 1. The largest absolute Gasteiger partial charge is 0.488 e. The molecule has 112 valence electrons. The molecule has 6 nitrogen and oxygen atoms in total. The van der Waals surface area contributed by atoms with Gasteiger partial charge in [-0.25, -0.2) is 0 Å². The molecule has 7 heteroatoms. The molecule has 1 heterocycles. The molecule has 0 aliphatic rings. The summed E-state index contributed by atoms with van der Waals surface area (Å²) in [6.45, 7) is 4.10. The topological polar surface area (TPSA) is 85.7 Å². The summed E-state index contributed by atoms with van der Waals surface area (Å²) in [5, 5.41) is 16.5. The summed E-state index contributed by atoms with van der Waals surface area (Å²) in [4.78, 5) is 0. The van der Waals surface area contributed by atoms with Gasteiger partial charge < -0.3 is 15.7 Å². The first kappa shape index (κ1) is 15.2. The number of aromatic nitrogens is 2. The molecule has 1 aromatic carbocycles. The van der Waals surface area contributed by atoms with Crippen molar-refractivity contribution in [2.75, 3.05) is 0 Å². The first-order valence-electron chi connectivity index (χ1n) is 6.33. The normalized spacial score (nSPS) is 11.7. The Kier molecular flexibility index (Phi) is 4.37. The fourth-order valence-corrected chi connectivity index (χ4v) is 2.19. The molecule has 21 heavy (non-hydrogen) atoms. The van der Waals surface area contributed by atoms with E-state index in [1.807, 2.05) is 19.9 Å². The SMILES string of the molecule is Cc1ccc(/C(N)=N/O)cc1OCc1c(C)nn(C)c1Cl. The third-order valence-electron chi connectivity index (χ3n) is 3.23. The van der Waals surface area contributed by atoms with Crippen molar-refractivity contribution in [3.8, 4) is 5.75 Å². The van der Waals surface area contributed by atoms with Crippen LogP contribution in [0.5, 0.6) is 5.75 Å². The van der Waals surface area contributed by atoms with Gasteiger partial charge in [0.15, 0.2) is 5.84 Å². The molecule has 0 bridgehead atoms. The lowest BCUT2D eigenvalue weighted by atomic mass is 10.1. The lowest BCUT2D eigenvalue weighted by Crippen LogP contribution is -2.13. The van der Waals surface area contributed by atoms with Gasteiger partial charge in [-0.3, -0.25) is 4.68 Å². The summed E-state index contributed by atoms with van der Waals surface area (Å²) in [5.41, 5.74) is 8.79. The second kappa shape index (κ2) is 6.05. The second-order valence-corrected chi connectivity index (χ2v) is 5.09. The highest BCUT2D eigenvalue weighted by Crippen LogP contribution is 2.24. The number of aryl methyl sites for hydroxylation is 3. The average Bonchev–Trinajstić information content (AvgIpc) is 2.71. The van der Waals surface area contributed by atoms with E-state index in [4.69, 9.17) is 27.3 Å². The van der Waals surface area contributed by atoms with Gasteiger partial charge in [0.2, 0.25) is 0 Å². The molecule has 3 N–H and O–H groups in total. The summed E-state index contributed by atoms with van der Waals surface area (Å²) >= 11 is 6.17. The predicted molar refractivity (Wildman–Crippen MR) is 81.0 cm³/mol. The van der Waals surface area contributed by atoms with Crippen LogP contribution >= 0.6 is 11.6 Å². The molecule has 1 aromatic heterocycles. The van der Waals surface area contributed by atoms with E-state index >= 15 is 0 Å². The standard InChI is InChI=1S/C14H17ClN4O2/c1-8-4-5-10(14(16)18-20)6-12(8)21-7-11-9(2)17-19(3)13(11)15/h4-6,20H,7H2,1-3H3,(H2,16,18). The average molecular weight is 309 g/mol. The Hall–Kier alpha value is -2.21. The van der Waals surface area contributed by atoms with Gasteiger partial charge in [-0.05, 0) is 25.5 Å². The predicted octanol–water partition coefficient (Wildman–Crippen LogP) is 2.36. The van der Waals surface area contributed by atoms with Crippen LogP contribution in [0.25, 0.3) is 0 Å². The van der Waals surface area contributed by atoms with E-state index in [0.29, 0.717) is 23.1 Å². The van der Waals surface area contributed by atoms with Crippen LogP contribution in [0, 0.1) is 13.8 Å². The van der Waals surface area contributed by atoms with Crippen molar-refractivity contribution in [1.29, 1.82) is 0 Å². The number of rotatable bonds is 4. The molecule has 0 amide bonds. The van der Waals surface area contributed by atoms with Crippen LogP contribution in [0.3, 0.4) is 0 Å². The van der Waals surface area contributed by atoms with Gasteiger partial charge in [0, 0.05) is 18.2 Å². The lowest BCUT2D eigenvalue weighted by molar-refractivity contribution is 0.303. The van der Waals surface area contributed by atoms with Crippen LogP contribution in [-0.2, 0) is 13.7 Å². The number of ether oxygens (including phenoxy) is 1. The van der Waals surface area contributed by atoms with Crippen LogP contribution in [-0.4, -0.2) is 20.8 Å². The molecule has 0 spiro atoms. The van der Waals surface area contributed by atoms with Gasteiger partial charge in [0.1, 0.15) is 17.5 Å². The monoisotopic (exact) mass is 308 g/mol. The molecular weight excluding hydrogens is 292 g/mol. The number of amidine groups is 1. The molecular formula is C14H17ClN4O2. The van der Waals surface area contributed by atoms with Gasteiger partial charge in [0.25, 0.3) is 0 Å². The Bertz CT molecular complexity index is 695. The highest BCUT2D eigenvalue weighted by molar-refractivity contribution is 6.30. The molecule has 0 radical (unpaired) electrons. The Morgan fingerprint density at radius 3 is 2.76 bits per heavy atom. The Morgan fingerprint density at radius 2 is 2.19 bits per heavy atom. The van der Waals surface area contributed by atoms with E-state index in [9.17, 15) is 0 Å². The van der Waals surface area contributed by atoms with Crippen molar-refractivity contribution in [1.82, 2.24) is 9.78 Å². The van der Waals surface area contributed by atoms with Crippen molar-refractivity contribution < 1.29 is 9.94 Å². The molecule has 0 aliphatic carbocycles. The van der Waals surface area contributed by atoms with Crippen LogP contribution < -0.4 is 10.5 Å². The molecule has 0 saturated carbocycles. The second-order valence-electron chi connectivity index (χ2n) is 4.73. The summed E-state index contributed by atoms with van der Waals surface area (Å²) in [6.07, 6.45) is 0. The first-order chi connectivity index (χ1) is 9.93. The van der Waals surface area contributed by atoms with E-state index in [-0.39, 0.29) is 5.84 Å². The number of hydrogen-bond donors (Lipinski definition) is 2. The van der Waals surface area contributed by atoms with Gasteiger partial charge in [0.05, 0.1) is 5.69 Å². The van der Waals surface area contributed by atoms with Crippen LogP contribution in [0.4, 0.5) is 0 Å². The summed E-state index contributed by atoms with van der Waals surface area (Å²) in [6, 6.07) is 5.34. The summed E-state index contributed by atoms with van der Waals surface area (Å²) in [7, 11) is 1.78. The van der Waals surface area contributed by atoms with Crippen molar-refractivity contribution >= 4 is 17.4 Å². The zero-order valence-corrected chi connectivity index (χ0v) is 12.8. The maximum atomic E-state index is 8.73. The third kappa shape index (κ3) is 3.11. The maximum absolute atomic E-state index is 8.73. The van der Waals surface area contributed by atoms with Crippen LogP contribution in [0.15, 0.2) is 23.4 Å². The first-order valence-corrected chi connectivity index (χ1v) is 6.71. The number of nitrogens with two attached hydrogens (primary N) is 1. The number of nitrogens with zero attached hydrogens (tertiary/aromatic N) is 3. The van der Waals surface area contributed by atoms with Gasteiger partial charge in [-0.15, -0.1) is 0 Å². The van der Waals surface area contributed by atoms with Gasteiger partial charge in [-0.2, -0.15) is 5.10 Å². The molecule has 2 rings (SSSR count). The third-order valence-corrected chi connectivity index (χ3v) is 3.71. The fraction of sp³-hybridized carbons (Fsp3) is 0.286. The highest BCUT2D eigenvalue weighted by atomic mass is 35.5. The summed E-state index contributed by atoms with van der Waals surface area (Å²) < 4.78 is 7.41. The minimum Gasteiger partial charge on any atom is -0.488 e. The van der Waals surface area contributed by atoms with Crippen molar-refractivity contribution in [3.63, 3.8) is 0 Å². The number of halogens is 1. The van der Waals surface area contributed by atoms with Crippen molar-refractivity contribution in [2.24, 2.45) is 17.9 Å². The van der Waals surface area contributed by atoms with E-state index in [1.165, 1.54) is 0 Å². The number of oxime groups is 1. The molecule has 0 atom stereocenters. The van der Waals surface area contributed by atoms with E-state index in [2.05, 4.69) is 10.3 Å². The minimum absolute atomic E-state index is 0.0374. The Balaban J connectivity index is 2.23. The van der Waals surface area contributed by atoms with E-state index in [0.717, 1.165) is 16.8 Å². The molecule has 0 aliphatic heterocycles. The quantitative estimate of drug-likeness (QED) is 0.393. The summed E-state index contributed by atoms with van der Waals surface area (Å²) in [5.74, 6) is 0.689. The van der Waals surface area contributed by atoms with E-state index in [1.54, 1.807) is 23.9 Å². The number of hydrogen-bond acceptors (Lipinski definition) is 4.